The van der Waals surface area contributed by atoms with Crippen molar-refractivity contribution in [2.45, 2.75) is 20.3 Å². The zero-order valence-electron chi connectivity index (χ0n) is 12.4. The van der Waals surface area contributed by atoms with E-state index in [1.165, 1.54) is 17.5 Å². The highest BCUT2D eigenvalue weighted by Gasteiger charge is 2.23. The molecule has 104 valence electrons. The molecule has 3 nitrogen and oxygen atoms in total. The van der Waals surface area contributed by atoms with Crippen molar-refractivity contribution in [3.63, 3.8) is 0 Å². The molecule has 1 aromatic rings. The van der Waals surface area contributed by atoms with E-state index >= 15 is 0 Å². The van der Waals surface area contributed by atoms with Crippen LogP contribution in [0.3, 0.4) is 0 Å². The minimum atomic E-state index is 0.137. The summed E-state index contributed by atoms with van der Waals surface area (Å²) in [5.41, 5.74) is 3.22. The first-order valence-corrected chi connectivity index (χ1v) is 6.98. The number of carbonyl (C=O) groups excluding carboxylic acids is 1. The average Bonchev–Trinajstić information content (AvgIpc) is 2.77. The molecular weight excluding hydrogens is 236 g/mol. The smallest absolute Gasteiger partial charge is 0.253 e. The zero-order valence-corrected chi connectivity index (χ0v) is 12.4. The van der Waals surface area contributed by atoms with E-state index in [-0.39, 0.29) is 5.91 Å². The van der Waals surface area contributed by atoms with Crippen molar-refractivity contribution in [1.29, 1.82) is 0 Å². The van der Waals surface area contributed by atoms with E-state index in [9.17, 15) is 4.79 Å². The van der Waals surface area contributed by atoms with Gasteiger partial charge in [0.25, 0.3) is 5.91 Å². The first kappa shape index (κ1) is 14.1. The number of rotatable bonds is 3. The van der Waals surface area contributed by atoms with E-state index < -0.39 is 0 Å². The fourth-order valence-electron chi connectivity index (χ4n) is 2.74. The predicted molar refractivity (Wildman–Crippen MR) is 78.5 cm³/mol. The lowest BCUT2D eigenvalue weighted by molar-refractivity contribution is 0.0774. The quantitative estimate of drug-likeness (QED) is 0.833. The molecule has 0 aromatic heterocycles. The van der Waals surface area contributed by atoms with Crippen LogP contribution in [0.25, 0.3) is 0 Å². The Morgan fingerprint density at radius 1 is 1.37 bits per heavy atom. The molecule has 0 N–H and O–H groups in total. The van der Waals surface area contributed by atoms with Crippen LogP contribution in [0.15, 0.2) is 18.2 Å². The van der Waals surface area contributed by atoms with Gasteiger partial charge in [-0.2, -0.15) is 0 Å². The SMILES string of the molecule is Cc1ccc(C(=O)N(C)CC2CCN(C)C2)cc1C. The van der Waals surface area contributed by atoms with Gasteiger partial charge < -0.3 is 9.80 Å². The van der Waals surface area contributed by atoms with E-state index in [2.05, 4.69) is 25.8 Å². The van der Waals surface area contributed by atoms with E-state index in [0.717, 1.165) is 25.2 Å². The first-order chi connectivity index (χ1) is 8.97. The highest BCUT2D eigenvalue weighted by molar-refractivity contribution is 5.94. The minimum Gasteiger partial charge on any atom is -0.341 e. The fourth-order valence-corrected chi connectivity index (χ4v) is 2.74. The van der Waals surface area contributed by atoms with Gasteiger partial charge in [-0.05, 0) is 63.0 Å². The summed E-state index contributed by atoms with van der Waals surface area (Å²) in [6, 6.07) is 5.95. The summed E-state index contributed by atoms with van der Waals surface area (Å²) in [5.74, 6) is 0.753. The highest BCUT2D eigenvalue weighted by Crippen LogP contribution is 2.17. The van der Waals surface area contributed by atoms with Crippen molar-refractivity contribution in [1.82, 2.24) is 9.80 Å². The van der Waals surface area contributed by atoms with Gasteiger partial charge in [0.1, 0.15) is 0 Å². The van der Waals surface area contributed by atoms with Crippen molar-refractivity contribution in [2.75, 3.05) is 33.7 Å². The van der Waals surface area contributed by atoms with E-state index in [4.69, 9.17) is 0 Å². The van der Waals surface area contributed by atoms with Gasteiger partial charge >= 0.3 is 0 Å². The number of likely N-dealkylation sites (tertiary alicyclic amines) is 1. The number of carbonyl (C=O) groups is 1. The first-order valence-electron chi connectivity index (χ1n) is 6.98. The third kappa shape index (κ3) is 3.35. The predicted octanol–water partition coefficient (Wildman–Crippen LogP) is 2.33. The monoisotopic (exact) mass is 260 g/mol. The van der Waals surface area contributed by atoms with Crippen molar-refractivity contribution < 1.29 is 4.79 Å². The summed E-state index contributed by atoms with van der Waals surface area (Å²) in [6.45, 7) is 7.23. The van der Waals surface area contributed by atoms with Crippen LogP contribution in [-0.2, 0) is 0 Å². The maximum Gasteiger partial charge on any atom is 0.253 e. The van der Waals surface area contributed by atoms with Crippen LogP contribution >= 0.6 is 0 Å². The lowest BCUT2D eigenvalue weighted by atomic mass is 10.0. The van der Waals surface area contributed by atoms with E-state index in [1.54, 1.807) is 0 Å². The average molecular weight is 260 g/mol. The topological polar surface area (TPSA) is 23.6 Å². The normalized spacial score (nSPS) is 19.7. The summed E-state index contributed by atoms with van der Waals surface area (Å²) < 4.78 is 0. The van der Waals surface area contributed by atoms with E-state index in [0.29, 0.717) is 5.92 Å². The summed E-state index contributed by atoms with van der Waals surface area (Å²) in [5, 5.41) is 0. The van der Waals surface area contributed by atoms with Gasteiger partial charge in [-0.1, -0.05) is 6.07 Å². The number of nitrogens with zero attached hydrogens (tertiary/aromatic N) is 2. The summed E-state index contributed by atoms with van der Waals surface area (Å²) in [6.07, 6.45) is 1.20. The van der Waals surface area contributed by atoms with Crippen LogP contribution in [0, 0.1) is 19.8 Å². The molecule has 1 unspecified atom stereocenters. The van der Waals surface area contributed by atoms with Crippen molar-refractivity contribution in [3.8, 4) is 0 Å². The van der Waals surface area contributed by atoms with Gasteiger partial charge in [0.05, 0.1) is 0 Å². The summed E-state index contributed by atoms with van der Waals surface area (Å²) in [7, 11) is 4.06. The molecule has 0 saturated carbocycles. The largest absolute Gasteiger partial charge is 0.341 e. The molecular formula is C16H24N2O. The second-order valence-electron chi connectivity index (χ2n) is 5.90. The Morgan fingerprint density at radius 3 is 2.68 bits per heavy atom. The van der Waals surface area contributed by atoms with Crippen LogP contribution < -0.4 is 0 Å². The molecule has 1 atom stereocenters. The second-order valence-corrected chi connectivity index (χ2v) is 5.90. The van der Waals surface area contributed by atoms with Crippen LogP contribution in [0.4, 0.5) is 0 Å². The van der Waals surface area contributed by atoms with Gasteiger partial charge in [0, 0.05) is 25.7 Å². The Kier molecular flexibility index (Phi) is 4.25. The Hall–Kier alpha value is -1.35. The lowest BCUT2D eigenvalue weighted by Gasteiger charge is -2.21. The molecule has 0 bridgehead atoms. The van der Waals surface area contributed by atoms with Gasteiger partial charge in [-0.3, -0.25) is 4.79 Å². The molecule has 1 heterocycles. The number of amides is 1. The zero-order chi connectivity index (χ0) is 14.0. The van der Waals surface area contributed by atoms with Crippen LogP contribution in [0.1, 0.15) is 27.9 Å². The molecule has 19 heavy (non-hydrogen) atoms. The molecule has 1 aromatic carbocycles. The lowest BCUT2D eigenvalue weighted by Crippen LogP contribution is -2.32. The van der Waals surface area contributed by atoms with Crippen molar-refractivity contribution in [2.24, 2.45) is 5.92 Å². The van der Waals surface area contributed by atoms with Crippen molar-refractivity contribution in [3.05, 3.63) is 34.9 Å². The Labute approximate surface area is 116 Å². The molecule has 0 aliphatic carbocycles. The minimum absolute atomic E-state index is 0.137. The second kappa shape index (κ2) is 5.74. The van der Waals surface area contributed by atoms with Crippen LogP contribution in [-0.4, -0.2) is 49.4 Å². The Balaban J connectivity index is 2.00. The molecule has 0 radical (unpaired) electrons. The molecule has 1 fully saturated rings. The third-order valence-electron chi connectivity index (χ3n) is 4.12. The number of hydrogen-bond acceptors (Lipinski definition) is 2. The highest BCUT2D eigenvalue weighted by atomic mass is 16.2. The van der Waals surface area contributed by atoms with Crippen LogP contribution in [0.2, 0.25) is 0 Å². The summed E-state index contributed by atoms with van der Waals surface area (Å²) >= 11 is 0. The molecule has 1 aliphatic heterocycles. The molecule has 2 rings (SSSR count). The number of aryl methyl sites for hydroxylation is 2. The number of benzene rings is 1. The molecule has 1 aliphatic rings. The Morgan fingerprint density at radius 2 is 2.11 bits per heavy atom. The van der Waals surface area contributed by atoms with Gasteiger partial charge in [-0.15, -0.1) is 0 Å². The van der Waals surface area contributed by atoms with Gasteiger partial charge in [-0.25, -0.2) is 0 Å². The Bertz CT molecular complexity index is 470. The van der Waals surface area contributed by atoms with Gasteiger partial charge in [0.2, 0.25) is 0 Å². The molecule has 3 heteroatoms. The molecule has 0 spiro atoms. The standard InChI is InChI=1S/C16H24N2O/c1-12-5-6-15(9-13(12)2)16(19)18(4)11-14-7-8-17(3)10-14/h5-6,9,14H,7-8,10-11H2,1-4H3. The van der Waals surface area contributed by atoms with E-state index in [1.807, 2.05) is 30.1 Å². The fraction of sp³-hybridized carbons (Fsp3) is 0.562. The maximum absolute atomic E-state index is 12.4. The van der Waals surface area contributed by atoms with Crippen LogP contribution in [0.5, 0.6) is 0 Å². The maximum atomic E-state index is 12.4. The summed E-state index contributed by atoms with van der Waals surface area (Å²) in [4.78, 5) is 16.6. The van der Waals surface area contributed by atoms with Gasteiger partial charge in [0.15, 0.2) is 0 Å². The molecule has 1 amide bonds. The third-order valence-corrected chi connectivity index (χ3v) is 4.12. The number of hydrogen-bond donors (Lipinski definition) is 0. The van der Waals surface area contributed by atoms with Crippen molar-refractivity contribution >= 4 is 5.91 Å². The molecule has 1 saturated heterocycles.